The molecule has 0 aliphatic carbocycles. The molecule has 1 amide bonds. The number of piperidine rings is 1. The van der Waals surface area contributed by atoms with Crippen molar-refractivity contribution in [3.63, 3.8) is 0 Å². The molecule has 1 aromatic rings. The van der Waals surface area contributed by atoms with Crippen molar-refractivity contribution in [2.24, 2.45) is 10.2 Å². The first-order valence-corrected chi connectivity index (χ1v) is 10.9. The molecule has 1 N–H and O–H groups in total. The number of likely N-dealkylation sites (tertiary alicyclic amines) is 1. The molecule has 160 valence electrons. The summed E-state index contributed by atoms with van der Waals surface area (Å²) in [4.78, 5) is 26.0. The number of aryl methyl sites for hydroxylation is 1. The summed E-state index contributed by atoms with van der Waals surface area (Å²) in [5.41, 5.74) is 4.70. The van der Waals surface area contributed by atoms with Crippen LogP contribution in [-0.2, 0) is 20.9 Å². The smallest absolute Gasteiger partial charge is 0.331 e. The van der Waals surface area contributed by atoms with Gasteiger partial charge in [0.15, 0.2) is 5.17 Å². The van der Waals surface area contributed by atoms with E-state index < -0.39 is 5.97 Å². The first-order chi connectivity index (χ1) is 14.4. The second kappa shape index (κ2) is 10.0. The predicted molar refractivity (Wildman–Crippen MR) is 121 cm³/mol. The number of methoxy groups -OCH3 is 1. The topological polar surface area (TPSA) is 83.4 Å². The van der Waals surface area contributed by atoms with Gasteiger partial charge >= 0.3 is 5.97 Å². The van der Waals surface area contributed by atoms with E-state index in [2.05, 4.69) is 58.1 Å². The molecular formula is C22H28N4O3S. The summed E-state index contributed by atoms with van der Waals surface area (Å²) in [5.74, 6) is -0.965. The molecule has 2 fully saturated rings. The number of hydrogen-bond acceptors (Lipinski definition) is 7. The molecule has 8 heteroatoms. The highest BCUT2D eigenvalue weighted by molar-refractivity contribution is 8.18. The average Bonchev–Trinajstić information content (AvgIpc) is 3.06. The van der Waals surface area contributed by atoms with Gasteiger partial charge in [-0.25, -0.2) is 4.79 Å². The Labute approximate surface area is 181 Å². The molecule has 30 heavy (non-hydrogen) atoms. The van der Waals surface area contributed by atoms with E-state index in [1.165, 1.54) is 43.1 Å². The van der Waals surface area contributed by atoms with E-state index in [9.17, 15) is 9.59 Å². The highest BCUT2D eigenvalue weighted by atomic mass is 32.2. The molecule has 0 spiro atoms. The maximum Gasteiger partial charge on any atom is 0.331 e. The predicted octanol–water partition coefficient (Wildman–Crippen LogP) is 3.29. The van der Waals surface area contributed by atoms with Crippen molar-refractivity contribution >= 4 is 35.0 Å². The van der Waals surface area contributed by atoms with Gasteiger partial charge in [-0.05, 0) is 68.6 Å². The van der Waals surface area contributed by atoms with E-state index >= 15 is 0 Å². The van der Waals surface area contributed by atoms with Crippen molar-refractivity contribution in [2.75, 3.05) is 13.7 Å². The van der Waals surface area contributed by atoms with Crippen molar-refractivity contribution in [2.45, 2.75) is 52.6 Å². The zero-order valence-electron chi connectivity index (χ0n) is 17.9. The van der Waals surface area contributed by atoms with Crippen LogP contribution in [0.2, 0.25) is 0 Å². The van der Waals surface area contributed by atoms with Gasteiger partial charge in [-0.2, -0.15) is 5.10 Å². The molecule has 0 saturated carbocycles. The first kappa shape index (κ1) is 22.2. The van der Waals surface area contributed by atoms with Crippen LogP contribution in [0.4, 0.5) is 0 Å². The van der Waals surface area contributed by atoms with Crippen LogP contribution in [0, 0.1) is 13.8 Å². The van der Waals surface area contributed by atoms with E-state index in [1.54, 1.807) is 6.21 Å². The van der Waals surface area contributed by atoms with Gasteiger partial charge in [0.1, 0.15) is 0 Å². The first-order valence-electron chi connectivity index (χ1n) is 10.1. The standard InChI is InChI=1S/C22H28N4O3S/c1-14-9-17(16(3)18(10-14)13-26-8-6-5-7-15(26)2)12-23-25-22-24-21(28)19(30-22)11-20(27)29-4/h9-12,15H,5-8,13H2,1-4H3,(H,24,25,28)/b19-11+,23-12?. The van der Waals surface area contributed by atoms with Crippen molar-refractivity contribution in [1.29, 1.82) is 0 Å². The Morgan fingerprint density at radius 3 is 2.90 bits per heavy atom. The van der Waals surface area contributed by atoms with Crippen LogP contribution in [0.3, 0.4) is 0 Å². The second-order valence-corrected chi connectivity index (χ2v) is 8.72. The van der Waals surface area contributed by atoms with Gasteiger partial charge in [-0.3, -0.25) is 15.0 Å². The highest BCUT2D eigenvalue weighted by Crippen LogP contribution is 2.24. The third-order valence-corrected chi connectivity index (χ3v) is 6.36. The number of carbonyl (C=O) groups excluding carboxylic acids is 2. The van der Waals surface area contributed by atoms with Crippen molar-refractivity contribution in [1.82, 2.24) is 10.2 Å². The molecule has 1 atom stereocenters. The highest BCUT2D eigenvalue weighted by Gasteiger charge is 2.25. The number of ether oxygens (including phenoxy) is 1. The number of nitrogens with zero attached hydrogens (tertiary/aromatic N) is 3. The summed E-state index contributed by atoms with van der Waals surface area (Å²) in [6, 6.07) is 4.94. The number of hydrogen-bond donors (Lipinski definition) is 1. The lowest BCUT2D eigenvalue weighted by Gasteiger charge is -2.34. The van der Waals surface area contributed by atoms with Crippen LogP contribution in [-0.4, -0.2) is 47.9 Å². The van der Waals surface area contributed by atoms with Crippen LogP contribution >= 0.6 is 11.8 Å². The number of esters is 1. The van der Waals surface area contributed by atoms with E-state index in [-0.39, 0.29) is 10.8 Å². The minimum absolute atomic E-state index is 0.237. The lowest BCUT2D eigenvalue weighted by Crippen LogP contribution is -2.37. The van der Waals surface area contributed by atoms with Crippen molar-refractivity contribution in [3.05, 3.63) is 45.4 Å². The van der Waals surface area contributed by atoms with Gasteiger partial charge < -0.3 is 4.74 Å². The number of nitrogens with one attached hydrogen (secondary N) is 1. The van der Waals surface area contributed by atoms with Crippen LogP contribution in [0.15, 0.2) is 33.3 Å². The summed E-state index contributed by atoms with van der Waals surface area (Å²) in [6.45, 7) is 8.59. The van der Waals surface area contributed by atoms with Crippen LogP contribution in [0.5, 0.6) is 0 Å². The van der Waals surface area contributed by atoms with Crippen molar-refractivity contribution in [3.8, 4) is 0 Å². The molecule has 2 aliphatic rings. The van der Waals surface area contributed by atoms with Gasteiger partial charge in [0, 0.05) is 18.7 Å². The van der Waals surface area contributed by atoms with Gasteiger partial charge in [0.05, 0.1) is 18.2 Å². The average molecular weight is 429 g/mol. The molecule has 0 aromatic heterocycles. The van der Waals surface area contributed by atoms with Crippen LogP contribution in [0.25, 0.3) is 0 Å². The molecule has 0 radical (unpaired) electrons. The van der Waals surface area contributed by atoms with Crippen LogP contribution in [0.1, 0.15) is 48.4 Å². The second-order valence-electron chi connectivity index (χ2n) is 7.69. The fourth-order valence-electron chi connectivity index (χ4n) is 3.66. The fraction of sp³-hybridized carbons (Fsp3) is 0.455. The Bertz CT molecular complexity index is 923. The van der Waals surface area contributed by atoms with Gasteiger partial charge in [-0.15, -0.1) is 5.10 Å². The summed E-state index contributed by atoms with van der Waals surface area (Å²) < 4.78 is 4.55. The van der Waals surface area contributed by atoms with Crippen LogP contribution < -0.4 is 5.32 Å². The summed E-state index contributed by atoms with van der Waals surface area (Å²) >= 11 is 1.06. The third kappa shape index (κ3) is 5.58. The summed E-state index contributed by atoms with van der Waals surface area (Å²) in [7, 11) is 1.26. The molecular weight excluding hydrogens is 400 g/mol. The third-order valence-electron chi connectivity index (χ3n) is 5.46. The zero-order valence-corrected chi connectivity index (χ0v) is 18.7. The molecule has 2 saturated heterocycles. The Morgan fingerprint density at radius 1 is 1.37 bits per heavy atom. The number of rotatable bonds is 5. The van der Waals surface area contributed by atoms with Gasteiger partial charge in [0.25, 0.3) is 5.91 Å². The molecule has 2 aliphatic heterocycles. The zero-order chi connectivity index (χ0) is 21.7. The Balaban J connectivity index is 1.73. The van der Waals surface area contributed by atoms with Gasteiger partial charge in [-0.1, -0.05) is 24.1 Å². The van der Waals surface area contributed by atoms with Crippen molar-refractivity contribution < 1.29 is 14.3 Å². The lowest BCUT2D eigenvalue weighted by molar-refractivity contribution is -0.135. The fourth-order valence-corrected chi connectivity index (χ4v) is 4.40. The minimum atomic E-state index is -0.580. The van der Waals surface area contributed by atoms with E-state index in [4.69, 9.17) is 0 Å². The summed E-state index contributed by atoms with van der Waals surface area (Å²) in [6.07, 6.45) is 6.69. The maximum absolute atomic E-state index is 11.9. The Hall–Kier alpha value is -2.45. The summed E-state index contributed by atoms with van der Waals surface area (Å²) in [5, 5.41) is 11.2. The molecule has 3 rings (SSSR count). The molecule has 2 heterocycles. The Kier molecular flexibility index (Phi) is 7.44. The molecule has 1 unspecified atom stereocenters. The number of thioether (sulfide) groups is 1. The van der Waals surface area contributed by atoms with E-state index in [0.29, 0.717) is 11.2 Å². The number of benzene rings is 1. The molecule has 0 bridgehead atoms. The molecule has 1 aromatic carbocycles. The number of amidine groups is 1. The van der Waals surface area contributed by atoms with E-state index in [1.807, 2.05) is 0 Å². The van der Waals surface area contributed by atoms with E-state index in [0.717, 1.165) is 36.5 Å². The minimum Gasteiger partial charge on any atom is -0.466 e. The SMILES string of the molecule is COC(=O)/C=C1/S/C(=N\N=Cc2cc(C)cc(CN3CCCCC3C)c2C)NC1=O. The largest absolute Gasteiger partial charge is 0.466 e. The lowest BCUT2D eigenvalue weighted by atomic mass is 9.97. The monoisotopic (exact) mass is 428 g/mol. The molecule has 7 nitrogen and oxygen atoms in total. The van der Waals surface area contributed by atoms with Gasteiger partial charge in [0.2, 0.25) is 0 Å². The quantitative estimate of drug-likeness (QED) is 0.337. The number of carbonyl (C=O) groups is 2. The normalized spacial score (nSPS) is 22.8. The maximum atomic E-state index is 11.9. The Morgan fingerprint density at radius 2 is 2.17 bits per heavy atom. The number of amides is 1.